The quantitative estimate of drug-likeness (QED) is 0.254. The number of aliphatic carboxylic acids is 1. The smallest absolute Gasteiger partial charge is 0.309 e. The molecule has 25 heavy (non-hydrogen) atoms. The van der Waals surface area contributed by atoms with E-state index in [2.05, 4.69) is 5.16 Å². The molecule has 3 N–H and O–H groups in total. The summed E-state index contributed by atoms with van der Waals surface area (Å²) < 4.78 is 5.78. The van der Waals surface area contributed by atoms with E-state index < -0.39 is 11.4 Å². The van der Waals surface area contributed by atoms with Gasteiger partial charge in [0, 0.05) is 11.6 Å². The number of nitrogens with zero attached hydrogens (tertiary/aromatic N) is 1. The molecule has 0 atom stereocenters. The van der Waals surface area contributed by atoms with Crippen LogP contribution >= 0.6 is 0 Å². The lowest BCUT2D eigenvalue weighted by Crippen LogP contribution is -2.23. The van der Waals surface area contributed by atoms with E-state index in [1.54, 1.807) is 32.9 Å². The average Bonchev–Trinajstić information content (AvgIpc) is 2.57. The second-order valence-corrected chi connectivity index (χ2v) is 6.86. The Labute approximate surface area is 149 Å². The van der Waals surface area contributed by atoms with Gasteiger partial charge in [-0.15, -0.1) is 0 Å². The molecule has 6 heteroatoms. The number of unbranched alkanes of at least 4 members (excludes halogenated alkanes) is 2. The number of aromatic hydroxyl groups is 1. The predicted octanol–water partition coefficient (Wildman–Crippen LogP) is 4.20. The fourth-order valence-electron chi connectivity index (χ4n) is 2.50. The highest BCUT2D eigenvalue weighted by Gasteiger charge is 2.25. The number of carboxylic acids is 1. The molecule has 1 rings (SSSR count). The van der Waals surface area contributed by atoms with Crippen LogP contribution in [0.25, 0.3) is 0 Å². The molecule has 1 aromatic rings. The molecule has 6 nitrogen and oxygen atoms in total. The zero-order valence-corrected chi connectivity index (χ0v) is 15.5. The van der Waals surface area contributed by atoms with E-state index in [1.807, 2.05) is 6.92 Å². The second kappa shape index (κ2) is 9.30. The van der Waals surface area contributed by atoms with Crippen molar-refractivity contribution in [3.8, 4) is 11.5 Å². The van der Waals surface area contributed by atoms with Gasteiger partial charge in [0.1, 0.15) is 11.5 Å². The summed E-state index contributed by atoms with van der Waals surface area (Å²) >= 11 is 0. The average molecular weight is 351 g/mol. The summed E-state index contributed by atoms with van der Waals surface area (Å²) in [5.41, 5.74) is 1.08. The van der Waals surface area contributed by atoms with Crippen molar-refractivity contribution >= 4 is 11.7 Å². The summed E-state index contributed by atoms with van der Waals surface area (Å²) in [6, 6.07) is 3.32. The molecule has 0 bridgehead atoms. The van der Waals surface area contributed by atoms with Gasteiger partial charge in [-0.3, -0.25) is 4.79 Å². The first-order valence-electron chi connectivity index (χ1n) is 8.64. The normalized spacial score (nSPS) is 12.2. The Hall–Kier alpha value is -2.24. The Morgan fingerprint density at radius 3 is 2.48 bits per heavy atom. The van der Waals surface area contributed by atoms with Gasteiger partial charge < -0.3 is 20.2 Å². The molecule has 0 heterocycles. The zero-order valence-electron chi connectivity index (χ0n) is 15.5. The van der Waals surface area contributed by atoms with E-state index in [-0.39, 0.29) is 5.75 Å². The molecule has 0 spiro atoms. The maximum atomic E-state index is 11.1. The molecule has 0 saturated carbocycles. The topological polar surface area (TPSA) is 99.4 Å². The van der Waals surface area contributed by atoms with Crippen molar-refractivity contribution in [3.63, 3.8) is 0 Å². The van der Waals surface area contributed by atoms with E-state index in [0.29, 0.717) is 30.1 Å². The monoisotopic (exact) mass is 351 g/mol. The van der Waals surface area contributed by atoms with E-state index in [0.717, 1.165) is 31.2 Å². The number of carboxylic acid groups (broad SMARTS) is 1. The van der Waals surface area contributed by atoms with Gasteiger partial charge in [0.2, 0.25) is 0 Å². The lowest BCUT2D eigenvalue weighted by atomic mass is 9.87. The van der Waals surface area contributed by atoms with Gasteiger partial charge in [0.05, 0.1) is 17.7 Å². The predicted molar refractivity (Wildman–Crippen MR) is 96.9 cm³/mol. The fraction of sp³-hybridized carbons (Fsp3) is 0.579. The van der Waals surface area contributed by atoms with Crippen molar-refractivity contribution in [1.82, 2.24) is 0 Å². The molecule has 0 aliphatic rings. The highest BCUT2D eigenvalue weighted by molar-refractivity contribution is 6.01. The van der Waals surface area contributed by atoms with Gasteiger partial charge in [-0.25, -0.2) is 0 Å². The van der Waals surface area contributed by atoms with Gasteiger partial charge in [-0.2, -0.15) is 0 Å². The standard InChI is InChI=1S/C19H29NO5/c1-5-14-11-15(13(2)20-24)16(21)12-17(14)25-10-8-6-7-9-19(3,4)18(22)23/h11-12,21,24H,5-10H2,1-4H3,(H,22,23). The zero-order chi connectivity index (χ0) is 19.0. The van der Waals surface area contributed by atoms with Crippen molar-refractivity contribution in [2.24, 2.45) is 10.6 Å². The molecule has 0 saturated heterocycles. The van der Waals surface area contributed by atoms with Crippen LogP contribution in [0.4, 0.5) is 0 Å². The van der Waals surface area contributed by atoms with Crippen LogP contribution in [-0.4, -0.2) is 33.7 Å². The van der Waals surface area contributed by atoms with Gasteiger partial charge >= 0.3 is 5.97 Å². The molecule has 0 radical (unpaired) electrons. The Morgan fingerprint density at radius 1 is 1.24 bits per heavy atom. The maximum Gasteiger partial charge on any atom is 0.309 e. The third-order valence-corrected chi connectivity index (χ3v) is 4.38. The Bertz CT molecular complexity index is 622. The molecule has 1 aromatic carbocycles. The maximum absolute atomic E-state index is 11.1. The number of hydrogen-bond donors (Lipinski definition) is 3. The fourth-order valence-corrected chi connectivity index (χ4v) is 2.50. The van der Waals surface area contributed by atoms with Crippen LogP contribution in [-0.2, 0) is 11.2 Å². The van der Waals surface area contributed by atoms with Crippen LogP contribution in [0, 0.1) is 5.41 Å². The summed E-state index contributed by atoms with van der Waals surface area (Å²) in [5.74, 6) is -0.125. The van der Waals surface area contributed by atoms with Crippen molar-refractivity contribution in [2.45, 2.75) is 59.8 Å². The summed E-state index contributed by atoms with van der Waals surface area (Å²) in [7, 11) is 0. The van der Waals surface area contributed by atoms with Crippen LogP contribution in [0.2, 0.25) is 0 Å². The van der Waals surface area contributed by atoms with Gasteiger partial charge in [0.25, 0.3) is 0 Å². The van der Waals surface area contributed by atoms with E-state index in [4.69, 9.17) is 15.1 Å². The Morgan fingerprint density at radius 2 is 1.92 bits per heavy atom. The highest BCUT2D eigenvalue weighted by atomic mass is 16.5. The van der Waals surface area contributed by atoms with Crippen LogP contribution in [0.15, 0.2) is 17.3 Å². The molecule has 0 amide bonds. The van der Waals surface area contributed by atoms with Gasteiger partial charge in [0.15, 0.2) is 0 Å². The van der Waals surface area contributed by atoms with Gasteiger partial charge in [-0.1, -0.05) is 24.9 Å². The van der Waals surface area contributed by atoms with Crippen LogP contribution in [0.5, 0.6) is 11.5 Å². The molecule has 0 aromatic heterocycles. The van der Waals surface area contributed by atoms with E-state index in [1.165, 1.54) is 0 Å². The number of hydrogen-bond acceptors (Lipinski definition) is 5. The lowest BCUT2D eigenvalue weighted by Gasteiger charge is -2.18. The number of rotatable bonds is 10. The largest absolute Gasteiger partial charge is 0.507 e. The molecule has 140 valence electrons. The number of benzene rings is 1. The molecule has 0 aliphatic heterocycles. The van der Waals surface area contributed by atoms with Crippen molar-refractivity contribution in [2.75, 3.05) is 6.61 Å². The lowest BCUT2D eigenvalue weighted by molar-refractivity contribution is -0.147. The minimum Gasteiger partial charge on any atom is -0.507 e. The first-order valence-corrected chi connectivity index (χ1v) is 8.64. The molecule has 0 unspecified atom stereocenters. The Balaban J connectivity index is 2.55. The van der Waals surface area contributed by atoms with E-state index >= 15 is 0 Å². The van der Waals surface area contributed by atoms with Crippen molar-refractivity contribution in [3.05, 3.63) is 23.3 Å². The number of ether oxygens (including phenoxy) is 1. The summed E-state index contributed by atoms with van der Waals surface area (Å²) in [4.78, 5) is 11.1. The van der Waals surface area contributed by atoms with Crippen LogP contribution < -0.4 is 4.74 Å². The molecular formula is C19H29NO5. The summed E-state index contributed by atoms with van der Waals surface area (Å²) in [6.07, 6.45) is 3.91. The Kier molecular flexibility index (Phi) is 7.74. The number of phenols is 1. The number of oxime groups is 1. The number of phenolic OH excluding ortho intramolecular Hbond substituents is 1. The first kappa shape index (κ1) is 20.8. The second-order valence-electron chi connectivity index (χ2n) is 6.86. The molecule has 0 fully saturated rings. The number of carbonyl (C=O) groups is 1. The molecular weight excluding hydrogens is 322 g/mol. The highest BCUT2D eigenvalue weighted by Crippen LogP contribution is 2.30. The third-order valence-electron chi connectivity index (χ3n) is 4.38. The number of aryl methyl sites for hydroxylation is 1. The van der Waals surface area contributed by atoms with Crippen LogP contribution in [0.1, 0.15) is 64.5 Å². The SMILES string of the molecule is CCc1cc(C(C)=NO)c(O)cc1OCCCCCC(C)(C)C(=O)O. The summed E-state index contributed by atoms with van der Waals surface area (Å²) in [5, 5.41) is 31.1. The van der Waals surface area contributed by atoms with Crippen molar-refractivity contribution < 1.29 is 25.0 Å². The van der Waals surface area contributed by atoms with Crippen molar-refractivity contribution in [1.29, 1.82) is 0 Å². The first-order chi connectivity index (χ1) is 11.7. The third kappa shape index (κ3) is 5.96. The van der Waals surface area contributed by atoms with Gasteiger partial charge in [-0.05, 0) is 51.7 Å². The minimum absolute atomic E-state index is 0.0192. The molecule has 0 aliphatic carbocycles. The summed E-state index contributed by atoms with van der Waals surface area (Å²) in [6.45, 7) is 7.59. The van der Waals surface area contributed by atoms with Crippen LogP contribution in [0.3, 0.4) is 0 Å². The van der Waals surface area contributed by atoms with E-state index in [9.17, 15) is 9.90 Å². The minimum atomic E-state index is -0.770.